The maximum absolute atomic E-state index is 5.47. The fraction of sp³-hybridized carbons (Fsp3) is 0.200. The normalized spacial score (nSPS) is 10.9. The Morgan fingerprint density at radius 3 is 2.67 bits per heavy atom. The van der Waals surface area contributed by atoms with E-state index < -0.39 is 0 Å². The van der Waals surface area contributed by atoms with E-state index in [9.17, 15) is 0 Å². The second-order valence-electron chi connectivity index (χ2n) is 5.06. The maximum atomic E-state index is 5.47. The Morgan fingerprint density at radius 1 is 1.10 bits per heavy atom. The molecular weight excluding hydrogens is 282 g/mol. The molecule has 0 bridgehead atoms. The Hall–Kier alpha value is -2.18. The van der Waals surface area contributed by atoms with E-state index in [-0.39, 0.29) is 0 Å². The molecule has 2 heterocycles. The van der Waals surface area contributed by atoms with Gasteiger partial charge in [0.1, 0.15) is 10.6 Å². The first-order chi connectivity index (χ1) is 10.1. The summed E-state index contributed by atoms with van der Waals surface area (Å²) in [6, 6.07) is 8.39. The van der Waals surface area contributed by atoms with Crippen molar-refractivity contribution in [1.29, 1.82) is 0 Å². The van der Waals surface area contributed by atoms with E-state index in [2.05, 4.69) is 65.7 Å². The van der Waals surface area contributed by atoms with Crippen molar-refractivity contribution < 1.29 is 0 Å². The minimum absolute atomic E-state index is 0.414. The van der Waals surface area contributed by atoms with E-state index >= 15 is 0 Å². The lowest BCUT2D eigenvalue weighted by Gasteiger charge is -2.11. The number of aryl methyl sites for hydroxylation is 3. The van der Waals surface area contributed by atoms with Crippen molar-refractivity contribution in [2.24, 2.45) is 5.84 Å². The van der Waals surface area contributed by atoms with Gasteiger partial charge in [-0.25, -0.2) is 10.8 Å². The molecule has 3 aromatic rings. The molecule has 0 fully saturated rings. The third kappa shape index (κ3) is 2.68. The van der Waals surface area contributed by atoms with Crippen molar-refractivity contribution in [3.8, 4) is 0 Å². The Labute approximate surface area is 127 Å². The first kappa shape index (κ1) is 13.8. The van der Waals surface area contributed by atoms with Crippen molar-refractivity contribution in [2.75, 3.05) is 10.7 Å². The fourth-order valence-corrected chi connectivity index (χ4v) is 3.08. The number of aromatic nitrogens is 2. The van der Waals surface area contributed by atoms with Crippen LogP contribution in [0.5, 0.6) is 0 Å². The molecule has 0 spiro atoms. The standard InChI is InChI=1S/C15H17N5S/c1-8-4-5-9(2)12(6-8)17-13-11-7-10(3)21-14(11)19-15(18-13)20-16/h4-7H,16H2,1-3H3,(H2,17,18,19,20). The van der Waals surface area contributed by atoms with Crippen LogP contribution in [0, 0.1) is 20.8 Å². The topological polar surface area (TPSA) is 75.9 Å². The van der Waals surface area contributed by atoms with Crippen LogP contribution in [0.2, 0.25) is 0 Å². The molecule has 2 aromatic heterocycles. The van der Waals surface area contributed by atoms with E-state index in [4.69, 9.17) is 5.84 Å². The van der Waals surface area contributed by atoms with Crippen molar-refractivity contribution in [3.05, 3.63) is 40.3 Å². The molecule has 0 aliphatic heterocycles. The van der Waals surface area contributed by atoms with E-state index in [0.29, 0.717) is 5.95 Å². The number of nitrogens with zero attached hydrogens (tertiary/aromatic N) is 2. The quantitative estimate of drug-likeness (QED) is 0.508. The number of rotatable bonds is 3. The first-order valence-corrected chi connectivity index (χ1v) is 7.47. The van der Waals surface area contributed by atoms with Crippen LogP contribution >= 0.6 is 11.3 Å². The molecule has 6 heteroatoms. The van der Waals surface area contributed by atoms with Gasteiger partial charge in [-0.05, 0) is 44.0 Å². The minimum atomic E-state index is 0.414. The highest BCUT2D eigenvalue weighted by atomic mass is 32.1. The summed E-state index contributed by atoms with van der Waals surface area (Å²) in [5.41, 5.74) is 5.94. The van der Waals surface area contributed by atoms with Gasteiger partial charge in [0.15, 0.2) is 0 Å². The molecule has 1 aromatic carbocycles. The zero-order valence-electron chi connectivity index (χ0n) is 12.2. The minimum Gasteiger partial charge on any atom is -0.339 e. The average molecular weight is 299 g/mol. The molecule has 4 N–H and O–H groups in total. The highest BCUT2D eigenvalue weighted by Crippen LogP contribution is 2.32. The van der Waals surface area contributed by atoms with Gasteiger partial charge >= 0.3 is 0 Å². The zero-order chi connectivity index (χ0) is 15.0. The summed E-state index contributed by atoms with van der Waals surface area (Å²) >= 11 is 1.63. The Kier molecular flexibility index (Phi) is 3.48. The Morgan fingerprint density at radius 2 is 1.90 bits per heavy atom. The van der Waals surface area contributed by atoms with E-state index in [1.807, 2.05) is 0 Å². The fourth-order valence-electron chi connectivity index (χ4n) is 2.20. The molecule has 0 saturated carbocycles. The number of nitrogens with two attached hydrogens (primary N) is 1. The van der Waals surface area contributed by atoms with Crippen LogP contribution in [0.4, 0.5) is 17.5 Å². The predicted molar refractivity (Wildman–Crippen MR) is 89.2 cm³/mol. The number of nitrogens with one attached hydrogen (secondary N) is 2. The van der Waals surface area contributed by atoms with Gasteiger partial charge in [-0.2, -0.15) is 4.98 Å². The molecular formula is C15H17N5S. The van der Waals surface area contributed by atoms with Crippen LogP contribution in [0.1, 0.15) is 16.0 Å². The number of benzene rings is 1. The molecule has 21 heavy (non-hydrogen) atoms. The molecule has 0 atom stereocenters. The van der Waals surface area contributed by atoms with Crippen LogP contribution in [-0.2, 0) is 0 Å². The summed E-state index contributed by atoms with van der Waals surface area (Å²) in [6.07, 6.45) is 0. The lowest BCUT2D eigenvalue weighted by atomic mass is 10.1. The smallest absolute Gasteiger partial charge is 0.240 e. The van der Waals surface area contributed by atoms with Gasteiger partial charge in [0, 0.05) is 10.6 Å². The summed E-state index contributed by atoms with van der Waals surface area (Å²) in [6.45, 7) is 6.20. The molecule has 0 radical (unpaired) electrons. The van der Waals surface area contributed by atoms with Crippen LogP contribution < -0.4 is 16.6 Å². The summed E-state index contributed by atoms with van der Waals surface area (Å²) in [7, 11) is 0. The summed E-state index contributed by atoms with van der Waals surface area (Å²) in [5, 5.41) is 4.42. The maximum Gasteiger partial charge on any atom is 0.240 e. The number of thiophene rings is 1. The van der Waals surface area contributed by atoms with Crippen molar-refractivity contribution in [3.63, 3.8) is 0 Å². The van der Waals surface area contributed by atoms with Crippen molar-refractivity contribution >= 4 is 39.0 Å². The zero-order valence-corrected chi connectivity index (χ0v) is 13.0. The number of nitrogen functional groups attached to an aromatic ring is 1. The number of fused-ring (bicyclic) bond motifs is 1. The van der Waals surface area contributed by atoms with Crippen LogP contribution in [0.15, 0.2) is 24.3 Å². The van der Waals surface area contributed by atoms with Gasteiger partial charge in [0.25, 0.3) is 0 Å². The lowest BCUT2D eigenvalue weighted by molar-refractivity contribution is 1.16. The number of hydrazine groups is 1. The van der Waals surface area contributed by atoms with Crippen LogP contribution in [0.25, 0.3) is 10.2 Å². The highest BCUT2D eigenvalue weighted by molar-refractivity contribution is 7.18. The number of anilines is 3. The third-order valence-corrected chi connectivity index (χ3v) is 4.24. The summed E-state index contributed by atoms with van der Waals surface area (Å²) in [5.74, 6) is 6.65. The number of hydrogen-bond donors (Lipinski definition) is 3. The molecule has 0 saturated heterocycles. The van der Waals surface area contributed by atoms with Gasteiger partial charge in [0.2, 0.25) is 5.95 Å². The first-order valence-electron chi connectivity index (χ1n) is 6.66. The average Bonchev–Trinajstić information content (AvgIpc) is 2.83. The van der Waals surface area contributed by atoms with Crippen molar-refractivity contribution in [2.45, 2.75) is 20.8 Å². The Bertz CT molecular complexity index is 809. The van der Waals surface area contributed by atoms with Gasteiger partial charge in [-0.15, -0.1) is 11.3 Å². The lowest BCUT2D eigenvalue weighted by Crippen LogP contribution is -2.11. The molecule has 5 nitrogen and oxygen atoms in total. The molecule has 3 rings (SSSR count). The molecule has 0 aliphatic rings. The molecule has 0 amide bonds. The molecule has 0 unspecified atom stereocenters. The van der Waals surface area contributed by atoms with E-state index in [0.717, 1.165) is 21.7 Å². The van der Waals surface area contributed by atoms with Crippen molar-refractivity contribution in [1.82, 2.24) is 9.97 Å². The third-order valence-electron chi connectivity index (χ3n) is 3.29. The van der Waals surface area contributed by atoms with Crippen LogP contribution in [-0.4, -0.2) is 9.97 Å². The summed E-state index contributed by atoms with van der Waals surface area (Å²) in [4.78, 5) is 10.9. The van der Waals surface area contributed by atoms with Gasteiger partial charge in [-0.1, -0.05) is 12.1 Å². The second kappa shape index (κ2) is 5.31. The van der Waals surface area contributed by atoms with E-state index in [1.54, 1.807) is 11.3 Å². The van der Waals surface area contributed by atoms with Gasteiger partial charge in [0.05, 0.1) is 5.39 Å². The van der Waals surface area contributed by atoms with Gasteiger partial charge in [-0.3, -0.25) is 5.43 Å². The Balaban J connectivity index is 2.12. The van der Waals surface area contributed by atoms with E-state index in [1.165, 1.54) is 16.0 Å². The largest absolute Gasteiger partial charge is 0.339 e. The summed E-state index contributed by atoms with van der Waals surface area (Å²) < 4.78 is 0. The number of hydrogen-bond acceptors (Lipinski definition) is 6. The monoisotopic (exact) mass is 299 g/mol. The SMILES string of the molecule is Cc1ccc(C)c(Nc2nc(NN)nc3sc(C)cc23)c1. The second-order valence-corrected chi connectivity index (χ2v) is 6.29. The highest BCUT2D eigenvalue weighted by Gasteiger charge is 2.11. The van der Waals surface area contributed by atoms with Gasteiger partial charge < -0.3 is 5.32 Å². The van der Waals surface area contributed by atoms with Crippen LogP contribution in [0.3, 0.4) is 0 Å². The molecule has 0 aliphatic carbocycles. The predicted octanol–water partition coefficient (Wildman–Crippen LogP) is 3.65. The molecule has 108 valence electrons.